The van der Waals surface area contributed by atoms with Crippen molar-refractivity contribution in [1.82, 2.24) is 46.6 Å². The van der Waals surface area contributed by atoms with Gasteiger partial charge in [-0.15, -0.1) is 0 Å². The SMILES string of the molecule is CC(=O)NC1C(OCCCCCC(=O)NCCCCCC(=O)N(CCO)CCOP(=O)(O)OCCN(CCOP(=O)(O)OCCN(CCOC2CCC[C@H](C3CCCCCC3)CC2)C(=O)CCCCCNC(=O)CCCCCOC2OC(CO)C(O)C(O)C2NC(C)=O)C(=O)CCCCCNC(=O)CCCCCOC2OC(CO)C(O)C(O)C2NC(C)=O)OC(CO)C(O)C1O. The van der Waals surface area contributed by atoms with Gasteiger partial charge in [-0.1, -0.05) is 89.9 Å². The summed E-state index contributed by atoms with van der Waals surface area (Å²) in [7, 11) is -9.75. The van der Waals surface area contributed by atoms with Gasteiger partial charge >= 0.3 is 15.6 Å². The molecule has 3 saturated heterocycles. The predicted molar refractivity (Wildman–Crippen MR) is 472 cm³/mol. The fraction of sp³-hybridized carbons (Fsp3) is 0.895. The highest BCUT2D eigenvalue weighted by molar-refractivity contribution is 7.47. The zero-order valence-electron chi connectivity index (χ0n) is 77.1. The van der Waals surface area contributed by atoms with Crippen LogP contribution < -0.4 is 31.9 Å². The summed E-state index contributed by atoms with van der Waals surface area (Å²) >= 11 is 0. The van der Waals surface area contributed by atoms with Crippen LogP contribution in [0.3, 0.4) is 0 Å². The fourth-order valence-electron chi connectivity index (χ4n) is 16.7. The van der Waals surface area contributed by atoms with Crippen molar-refractivity contribution in [1.29, 1.82) is 0 Å². The summed E-state index contributed by atoms with van der Waals surface area (Å²) < 4.78 is 88.6. The molecule has 5 aliphatic rings. The molecule has 0 aromatic heterocycles. The molecule has 760 valence electrons. The molecule has 0 bridgehead atoms. The third-order valence-corrected chi connectivity index (χ3v) is 26.1. The molecule has 43 nitrogen and oxygen atoms in total. The predicted octanol–water partition coefficient (Wildman–Crippen LogP) is 1.26. The van der Waals surface area contributed by atoms with Gasteiger partial charge in [-0.2, -0.15) is 0 Å². The molecule has 0 aromatic carbocycles. The fourth-order valence-corrected chi connectivity index (χ4v) is 18.1. The Morgan fingerprint density at radius 2 is 0.626 bits per heavy atom. The van der Waals surface area contributed by atoms with E-state index in [9.17, 15) is 113 Å². The molecule has 9 amide bonds. The van der Waals surface area contributed by atoms with E-state index >= 15 is 0 Å². The number of rotatable bonds is 68. The molecule has 0 spiro atoms. The van der Waals surface area contributed by atoms with Crippen LogP contribution in [0.4, 0.5) is 0 Å². The second-order valence-electron chi connectivity index (χ2n) is 34.5. The van der Waals surface area contributed by atoms with Gasteiger partial charge in [-0.3, -0.25) is 61.2 Å². The molecule has 0 aromatic rings. The lowest BCUT2D eigenvalue weighted by atomic mass is 9.81. The van der Waals surface area contributed by atoms with Gasteiger partial charge in [0.25, 0.3) is 0 Å². The lowest BCUT2D eigenvalue weighted by Crippen LogP contribution is -2.64. The molecule has 3 heterocycles. The summed E-state index contributed by atoms with van der Waals surface area (Å²) in [6, 6.07) is -3.21. The Kier molecular flexibility index (Phi) is 58.9. The molecule has 0 radical (unpaired) electrons. The largest absolute Gasteiger partial charge is 0.472 e. The molecule has 45 heteroatoms. The van der Waals surface area contributed by atoms with E-state index < -0.39 is 184 Å². The lowest BCUT2D eigenvalue weighted by Gasteiger charge is -2.42. The van der Waals surface area contributed by atoms with Gasteiger partial charge in [0.05, 0.1) is 65.6 Å². The first-order valence-corrected chi connectivity index (χ1v) is 50.4. The van der Waals surface area contributed by atoms with Crippen LogP contribution >= 0.6 is 15.6 Å². The minimum absolute atomic E-state index is 0.0173. The van der Waals surface area contributed by atoms with Crippen molar-refractivity contribution in [2.75, 3.05) is 138 Å². The Balaban J connectivity index is 1.08. The third kappa shape index (κ3) is 47.1. The Morgan fingerprint density at radius 1 is 0.328 bits per heavy atom. The molecule has 2 saturated carbocycles. The van der Waals surface area contributed by atoms with Gasteiger partial charge in [-0.05, 0) is 108 Å². The molecule has 131 heavy (non-hydrogen) atoms. The summed E-state index contributed by atoms with van der Waals surface area (Å²) in [6.07, 6.45) is 7.47. The minimum atomic E-state index is -4.88. The van der Waals surface area contributed by atoms with Crippen molar-refractivity contribution in [2.45, 2.75) is 344 Å². The van der Waals surface area contributed by atoms with Crippen LogP contribution in [0.1, 0.15) is 245 Å². The van der Waals surface area contributed by atoms with Crippen LogP contribution in [-0.4, -0.2) is 365 Å². The second-order valence-corrected chi connectivity index (χ2v) is 37.4. The Hall–Kier alpha value is -5.23. The monoisotopic (exact) mass is 1920 g/mol. The van der Waals surface area contributed by atoms with Gasteiger partial charge < -0.3 is 141 Å². The van der Waals surface area contributed by atoms with E-state index in [1.54, 1.807) is 0 Å². The van der Waals surface area contributed by atoms with Gasteiger partial charge in [0.2, 0.25) is 53.2 Å². The second kappa shape index (κ2) is 66.3. The quantitative estimate of drug-likeness (QED) is 0.0231. The summed E-state index contributed by atoms with van der Waals surface area (Å²) in [4.78, 5) is 140. The van der Waals surface area contributed by atoms with Gasteiger partial charge in [0.1, 0.15) is 73.1 Å². The molecule has 18 unspecified atom stereocenters. The maximum Gasteiger partial charge on any atom is 0.472 e. The minimum Gasteiger partial charge on any atom is -0.395 e. The number of amides is 9. The average molecular weight is 1920 g/mol. The molecule has 2 aliphatic carbocycles. The van der Waals surface area contributed by atoms with Gasteiger partial charge in [0.15, 0.2) is 18.9 Å². The number of carbonyl (C=O) groups excluding carboxylic acids is 9. The van der Waals surface area contributed by atoms with Gasteiger partial charge in [-0.25, -0.2) is 9.13 Å². The first kappa shape index (κ1) is 116. The number of ether oxygens (including phenoxy) is 7. The number of carbonyl (C=O) groups is 9. The number of nitrogens with zero attached hydrogens (tertiary/aromatic N) is 3. The number of hydrogen-bond acceptors (Lipinski definition) is 32. The Morgan fingerprint density at radius 3 is 0.947 bits per heavy atom. The Labute approximate surface area is 770 Å². The molecule has 5 rings (SSSR count). The highest BCUT2D eigenvalue weighted by Gasteiger charge is 2.48. The molecular weight excluding hydrogens is 1760 g/mol. The maximum atomic E-state index is 14.0. The molecular formula is C86H157N9O34P2. The molecule has 3 aliphatic heterocycles. The first-order valence-electron chi connectivity index (χ1n) is 47.4. The van der Waals surface area contributed by atoms with E-state index in [2.05, 4.69) is 31.9 Å². The van der Waals surface area contributed by atoms with Crippen LogP contribution in [-0.2, 0) is 104 Å². The maximum absolute atomic E-state index is 14.0. The smallest absolute Gasteiger partial charge is 0.395 e. The number of nitrogens with one attached hydrogen (secondary N) is 6. The summed E-state index contributed by atoms with van der Waals surface area (Å²) in [5.74, 6) is -1.70. The molecule has 5 fully saturated rings. The van der Waals surface area contributed by atoms with Crippen LogP contribution in [0.5, 0.6) is 0 Å². The van der Waals surface area contributed by atoms with Crippen molar-refractivity contribution < 1.29 is 164 Å². The number of aliphatic hydroxyl groups excluding tert-OH is 10. The number of phosphoric acid groups is 2. The number of aliphatic hydroxyl groups is 10. The molecule has 19 atom stereocenters. The van der Waals surface area contributed by atoms with Crippen LogP contribution in [0.25, 0.3) is 0 Å². The standard InChI is InChI=1S/C86H157N9O34P2/c1-60(100)90-75-81(112)78(109)66(57-97)127-84(75)120-49-23-9-14-31-69(103)87-39-20-6-17-34-72(106)93(42-48-96)44-53-123-130(115,116)125-55-46-95(74(108)36-19-8-22-41-89-71(105)33-16-11-25-51-122-86-77(92-62(3)102)83(114)80(111)68(59-99)129-86)47-56-126-131(117,118)124-54-45-94(43-52-119-65-30-26-29-64(37-38-65)63-27-12-4-5-13-28-63)73(107)35-18-7-21-40-88-70(104)32-15-10-24-50-121-85-76(91-61(2)101)82(113)79(110)67(58-98)128-85/h63-68,75-86,96-99,109-114H,4-59H2,1-3H3,(H,87,103)(H,88,104)(H,89,105)(H,90,100)(H,91,101)(H,92,102)(H,115,116)(H,117,118)/t64-,65?,66?,67?,68?,75?,76?,77?,78?,79?,80?,81?,82?,83?,84?,85?,86?/m0/s1. The molecule has 18 N–H and O–H groups in total. The first-order chi connectivity index (χ1) is 62.8. The highest BCUT2D eigenvalue weighted by atomic mass is 31.2. The van der Waals surface area contributed by atoms with E-state index in [1.165, 1.54) is 80.4 Å². The van der Waals surface area contributed by atoms with Crippen molar-refractivity contribution in [2.24, 2.45) is 11.8 Å². The normalized spacial score (nSPS) is 25.8. The van der Waals surface area contributed by atoms with Crippen molar-refractivity contribution in [3.05, 3.63) is 0 Å². The number of unbranched alkanes of at least 4 members (excludes halogenated alkanes) is 12. The average Bonchev–Trinajstić information content (AvgIpc) is 1.26. The van der Waals surface area contributed by atoms with Crippen molar-refractivity contribution in [3.63, 3.8) is 0 Å². The van der Waals surface area contributed by atoms with E-state index in [-0.39, 0.29) is 146 Å². The highest BCUT2D eigenvalue weighted by Crippen LogP contribution is 2.44. The van der Waals surface area contributed by atoms with Crippen LogP contribution in [0, 0.1) is 11.8 Å². The van der Waals surface area contributed by atoms with Crippen molar-refractivity contribution >= 4 is 68.8 Å². The van der Waals surface area contributed by atoms with Crippen LogP contribution in [0.2, 0.25) is 0 Å². The van der Waals surface area contributed by atoms with E-state index in [1.807, 2.05) is 0 Å². The lowest BCUT2D eigenvalue weighted by molar-refractivity contribution is -0.270. The van der Waals surface area contributed by atoms with E-state index in [4.69, 9.17) is 51.3 Å². The summed E-state index contributed by atoms with van der Waals surface area (Å²) in [6.45, 7) is 0.235. The zero-order chi connectivity index (χ0) is 95.9. The number of hydrogen-bond donors (Lipinski definition) is 18. The van der Waals surface area contributed by atoms with Gasteiger partial charge in [0, 0.05) is 138 Å². The van der Waals surface area contributed by atoms with E-state index in [0.29, 0.717) is 135 Å². The summed E-state index contributed by atoms with van der Waals surface area (Å²) in [5, 5.41) is 117. The third-order valence-electron chi connectivity index (χ3n) is 24.0. The summed E-state index contributed by atoms with van der Waals surface area (Å²) in [5.41, 5.74) is 0. The Bertz CT molecular complexity index is 3350. The number of phosphoric ester groups is 2. The van der Waals surface area contributed by atoms with Crippen molar-refractivity contribution in [3.8, 4) is 0 Å². The topological polar surface area (TPSA) is 614 Å². The van der Waals surface area contributed by atoms with E-state index in [0.717, 1.165) is 31.6 Å². The van der Waals surface area contributed by atoms with Crippen LogP contribution in [0.15, 0.2) is 0 Å². The zero-order valence-corrected chi connectivity index (χ0v) is 78.9.